The third-order valence-electron chi connectivity index (χ3n) is 3.46. The minimum absolute atomic E-state index is 0.149. The van der Waals surface area contributed by atoms with Gasteiger partial charge < -0.3 is 9.47 Å². The molecule has 0 amide bonds. The number of fused-ring (bicyclic) bond motifs is 9. The van der Waals surface area contributed by atoms with E-state index in [1.807, 2.05) is 0 Å². The zero-order valence-electron chi connectivity index (χ0n) is 9.44. The van der Waals surface area contributed by atoms with Crippen molar-refractivity contribution in [3.8, 4) is 0 Å². The van der Waals surface area contributed by atoms with Gasteiger partial charge in [0.15, 0.2) is 0 Å². The molecule has 2 saturated heterocycles. The lowest BCUT2D eigenvalue weighted by molar-refractivity contribution is -0.153. The molecule has 3 fully saturated rings. The lowest BCUT2D eigenvalue weighted by Gasteiger charge is -2.28. The van der Waals surface area contributed by atoms with Crippen molar-refractivity contribution in [3.63, 3.8) is 0 Å². The van der Waals surface area contributed by atoms with Crippen molar-refractivity contribution in [1.82, 2.24) is 0 Å². The molecule has 0 aromatic carbocycles. The summed E-state index contributed by atoms with van der Waals surface area (Å²) in [5.41, 5.74) is 0. The van der Waals surface area contributed by atoms with Gasteiger partial charge in [0.2, 0.25) is 0 Å². The van der Waals surface area contributed by atoms with Crippen LogP contribution in [0.15, 0.2) is 0 Å². The van der Waals surface area contributed by atoms with Gasteiger partial charge in [-0.05, 0) is 37.5 Å². The molecule has 2 heterocycles. The van der Waals surface area contributed by atoms with Crippen molar-refractivity contribution in [2.45, 2.75) is 38.5 Å². The first kappa shape index (κ1) is 11.4. The fourth-order valence-corrected chi connectivity index (χ4v) is 2.33. The lowest BCUT2D eigenvalue weighted by atomic mass is 9.83. The molecule has 0 radical (unpaired) electrons. The molecule has 0 N–H and O–H groups in total. The highest BCUT2D eigenvalue weighted by atomic mass is 16.5. The van der Waals surface area contributed by atoms with Gasteiger partial charge in [-0.15, -0.1) is 0 Å². The highest BCUT2D eigenvalue weighted by molar-refractivity contribution is 5.77. The van der Waals surface area contributed by atoms with Gasteiger partial charge in [-0.1, -0.05) is 0 Å². The predicted molar refractivity (Wildman–Crippen MR) is 56.6 cm³/mol. The van der Waals surface area contributed by atoms with Crippen molar-refractivity contribution in [2.75, 3.05) is 13.2 Å². The van der Waals surface area contributed by atoms with Crippen LogP contribution in [0.1, 0.15) is 38.5 Å². The zero-order valence-corrected chi connectivity index (χ0v) is 9.44. The summed E-state index contributed by atoms with van der Waals surface area (Å²) in [4.78, 5) is 22.6. The normalized spacial score (nSPS) is 32.2. The summed E-state index contributed by atoms with van der Waals surface area (Å²) < 4.78 is 10.3. The maximum Gasteiger partial charge on any atom is 0.306 e. The number of rotatable bonds is 0. The smallest absolute Gasteiger partial charge is 0.306 e. The van der Waals surface area contributed by atoms with Gasteiger partial charge in [0, 0.05) is 0 Å². The molecule has 0 aromatic heterocycles. The van der Waals surface area contributed by atoms with Gasteiger partial charge in [0.05, 0.1) is 26.1 Å². The Kier molecular flexibility index (Phi) is 3.80. The summed E-state index contributed by atoms with van der Waals surface area (Å²) in [5, 5.41) is 0. The third kappa shape index (κ3) is 3.22. The maximum atomic E-state index is 11.3. The van der Waals surface area contributed by atoms with Crippen LogP contribution in [-0.2, 0) is 19.1 Å². The summed E-state index contributed by atoms with van der Waals surface area (Å²) in [6, 6.07) is 0. The number of ether oxygens (including phenoxy) is 2. The molecule has 2 aliphatic heterocycles. The van der Waals surface area contributed by atoms with Crippen LogP contribution < -0.4 is 0 Å². The molecule has 1 aliphatic carbocycles. The fraction of sp³-hybridized carbons (Fsp3) is 0.833. The molecule has 3 aliphatic rings. The highest BCUT2D eigenvalue weighted by Gasteiger charge is 2.24. The van der Waals surface area contributed by atoms with Gasteiger partial charge in [0.25, 0.3) is 0 Å². The van der Waals surface area contributed by atoms with E-state index in [1.54, 1.807) is 0 Å². The Morgan fingerprint density at radius 3 is 1.50 bits per heavy atom. The summed E-state index contributed by atoms with van der Waals surface area (Å²) in [6.07, 6.45) is 4.61. The van der Waals surface area contributed by atoms with Gasteiger partial charge in [-0.25, -0.2) is 0 Å². The van der Waals surface area contributed by atoms with E-state index < -0.39 is 0 Å². The van der Waals surface area contributed by atoms with Crippen LogP contribution in [0.5, 0.6) is 0 Å². The van der Waals surface area contributed by atoms with E-state index in [9.17, 15) is 9.59 Å². The Balaban J connectivity index is 1.92. The second-order valence-electron chi connectivity index (χ2n) is 4.75. The number of carbonyl (C=O) groups excluding carboxylic acids is 2. The Morgan fingerprint density at radius 1 is 0.750 bits per heavy atom. The van der Waals surface area contributed by atoms with E-state index in [1.165, 1.54) is 0 Å². The monoisotopic (exact) mass is 226 g/mol. The average Bonchev–Trinajstić information content (AvgIpc) is 2.31. The van der Waals surface area contributed by atoms with E-state index in [0.29, 0.717) is 25.0 Å². The SMILES string of the molecule is O=C1CCC(=O)OCC2CCC(CC2)CO1. The van der Waals surface area contributed by atoms with Gasteiger partial charge >= 0.3 is 11.9 Å². The third-order valence-corrected chi connectivity index (χ3v) is 3.46. The molecule has 2 bridgehead atoms. The first-order chi connectivity index (χ1) is 7.74. The Morgan fingerprint density at radius 2 is 1.12 bits per heavy atom. The standard InChI is InChI=1S/C12H18O4/c13-11-5-6-12(14)16-8-10-2-1-9(3-4-10)7-15-11/h9-10H,1-8H2. The van der Waals surface area contributed by atoms with Crippen LogP contribution in [0, 0.1) is 11.8 Å². The van der Waals surface area contributed by atoms with Crippen molar-refractivity contribution < 1.29 is 19.1 Å². The second-order valence-corrected chi connectivity index (χ2v) is 4.75. The fourth-order valence-electron chi connectivity index (χ4n) is 2.33. The minimum atomic E-state index is -0.278. The molecule has 90 valence electrons. The Hall–Kier alpha value is -1.06. The number of esters is 2. The second kappa shape index (κ2) is 5.32. The molecule has 0 aromatic rings. The molecular formula is C12H18O4. The number of carbonyl (C=O) groups is 2. The molecule has 16 heavy (non-hydrogen) atoms. The van der Waals surface area contributed by atoms with Crippen molar-refractivity contribution in [3.05, 3.63) is 0 Å². The quantitative estimate of drug-likeness (QED) is 0.590. The van der Waals surface area contributed by atoms with E-state index in [2.05, 4.69) is 0 Å². The Bertz CT molecular complexity index is 238. The maximum absolute atomic E-state index is 11.3. The number of hydrogen-bond donors (Lipinski definition) is 0. The zero-order chi connectivity index (χ0) is 11.4. The molecule has 0 spiro atoms. The van der Waals surface area contributed by atoms with Gasteiger partial charge in [-0.2, -0.15) is 0 Å². The molecule has 1 saturated carbocycles. The van der Waals surface area contributed by atoms with Crippen molar-refractivity contribution >= 4 is 11.9 Å². The molecular weight excluding hydrogens is 208 g/mol. The summed E-state index contributed by atoms with van der Waals surface area (Å²) in [6.45, 7) is 1.06. The molecule has 0 unspecified atom stereocenters. The molecule has 4 heteroatoms. The van der Waals surface area contributed by atoms with Crippen LogP contribution in [-0.4, -0.2) is 25.2 Å². The summed E-state index contributed by atoms with van der Waals surface area (Å²) in [7, 11) is 0. The van der Waals surface area contributed by atoms with E-state index in [4.69, 9.17) is 9.47 Å². The Labute approximate surface area is 95.3 Å². The lowest BCUT2D eigenvalue weighted by Crippen LogP contribution is -2.25. The van der Waals surface area contributed by atoms with Gasteiger partial charge in [0.1, 0.15) is 0 Å². The van der Waals surface area contributed by atoms with Crippen molar-refractivity contribution in [1.29, 1.82) is 0 Å². The molecule has 4 nitrogen and oxygen atoms in total. The summed E-state index contributed by atoms with van der Waals surface area (Å²) >= 11 is 0. The van der Waals surface area contributed by atoms with Crippen LogP contribution in [0.4, 0.5) is 0 Å². The summed E-state index contributed by atoms with van der Waals surface area (Å²) in [5.74, 6) is 0.463. The predicted octanol–water partition coefficient (Wildman–Crippen LogP) is 1.67. The highest BCUT2D eigenvalue weighted by Crippen LogP contribution is 2.29. The van der Waals surface area contributed by atoms with Crippen LogP contribution in [0.25, 0.3) is 0 Å². The van der Waals surface area contributed by atoms with Crippen LogP contribution >= 0.6 is 0 Å². The first-order valence-electron chi connectivity index (χ1n) is 6.05. The van der Waals surface area contributed by atoms with E-state index in [-0.39, 0.29) is 24.8 Å². The van der Waals surface area contributed by atoms with Crippen LogP contribution in [0.3, 0.4) is 0 Å². The number of hydrogen-bond acceptors (Lipinski definition) is 4. The largest absolute Gasteiger partial charge is 0.465 e. The molecule has 0 atom stereocenters. The van der Waals surface area contributed by atoms with E-state index >= 15 is 0 Å². The molecule has 3 rings (SSSR count). The first-order valence-corrected chi connectivity index (χ1v) is 6.05. The van der Waals surface area contributed by atoms with Gasteiger partial charge in [-0.3, -0.25) is 9.59 Å². The average molecular weight is 226 g/mol. The topological polar surface area (TPSA) is 52.6 Å². The van der Waals surface area contributed by atoms with Crippen LogP contribution in [0.2, 0.25) is 0 Å². The van der Waals surface area contributed by atoms with Crippen molar-refractivity contribution in [2.24, 2.45) is 11.8 Å². The minimum Gasteiger partial charge on any atom is -0.465 e. The van der Waals surface area contributed by atoms with E-state index in [0.717, 1.165) is 25.7 Å².